The number of hydrogen-bond donors (Lipinski definition) is 1. The number of rotatable bonds is 19. The lowest BCUT2D eigenvalue weighted by atomic mass is 10.0. The van der Waals surface area contributed by atoms with Crippen molar-refractivity contribution in [3.05, 3.63) is 109 Å². The normalized spacial score (nSPS) is 10.6. The lowest BCUT2D eigenvalue weighted by Gasteiger charge is -2.08. The molecule has 0 saturated carbocycles. The fraction of sp³-hybridized carbons (Fsp3) is 0.250. The Kier molecular flexibility index (Phi) is 14.6. The molecule has 1 N–H and O–H groups in total. The first-order valence-electron chi connectivity index (χ1n) is 14.6. The van der Waals surface area contributed by atoms with E-state index in [4.69, 9.17) is 28.8 Å². The van der Waals surface area contributed by atoms with Gasteiger partial charge in [0.2, 0.25) is 0 Å². The summed E-state index contributed by atoms with van der Waals surface area (Å²) in [6.45, 7) is 7.60. The van der Waals surface area contributed by atoms with Gasteiger partial charge in [0, 0.05) is 12.2 Å². The number of benzene rings is 3. The van der Waals surface area contributed by atoms with Crippen molar-refractivity contribution in [3.63, 3.8) is 0 Å². The van der Waals surface area contributed by atoms with E-state index in [0.29, 0.717) is 30.5 Å². The van der Waals surface area contributed by atoms with Crippen molar-refractivity contribution in [1.29, 1.82) is 0 Å². The number of unbranched alkanes of at least 4 members (excludes halogenated alkanes) is 3. The minimum absolute atomic E-state index is 0.0550. The SMILES string of the molecule is C=CC(=O)OCCOc1ccc(-c2ccc(/C=C/C(=O)Oc3ccc(OCCCCCCOC(=O)C(=C)CO)cc3)cc2)cc1. The fourth-order valence-corrected chi connectivity index (χ4v) is 3.89. The van der Waals surface area contributed by atoms with Gasteiger partial charge in [-0.05, 0) is 84.8 Å². The van der Waals surface area contributed by atoms with Crippen LogP contribution < -0.4 is 14.2 Å². The average Bonchev–Trinajstić information content (AvgIpc) is 3.07. The molecule has 0 heterocycles. The van der Waals surface area contributed by atoms with Crippen LogP contribution in [0.5, 0.6) is 17.2 Å². The number of esters is 3. The first kappa shape index (κ1) is 34.3. The summed E-state index contributed by atoms with van der Waals surface area (Å²) in [4.78, 5) is 34.8. The van der Waals surface area contributed by atoms with Gasteiger partial charge in [-0.3, -0.25) is 0 Å². The minimum Gasteiger partial charge on any atom is -0.494 e. The Hall–Kier alpha value is -5.15. The molecule has 0 radical (unpaired) electrons. The number of ether oxygens (including phenoxy) is 5. The van der Waals surface area contributed by atoms with Gasteiger partial charge in [0.25, 0.3) is 0 Å². The summed E-state index contributed by atoms with van der Waals surface area (Å²) < 4.78 is 26.6. The summed E-state index contributed by atoms with van der Waals surface area (Å²) in [5, 5.41) is 8.83. The molecule has 0 fully saturated rings. The van der Waals surface area contributed by atoms with Crippen LogP contribution in [0.2, 0.25) is 0 Å². The summed E-state index contributed by atoms with van der Waals surface area (Å²) >= 11 is 0. The van der Waals surface area contributed by atoms with E-state index >= 15 is 0 Å². The molecule has 0 saturated heterocycles. The Bertz CT molecular complexity index is 1420. The highest BCUT2D eigenvalue weighted by Crippen LogP contribution is 2.23. The summed E-state index contributed by atoms with van der Waals surface area (Å²) in [6, 6.07) is 22.2. The zero-order valence-electron chi connectivity index (χ0n) is 25.2. The first-order valence-corrected chi connectivity index (χ1v) is 14.6. The number of carbonyl (C=O) groups excluding carboxylic acids is 3. The van der Waals surface area contributed by atoms with Crippen LogP contribution in [0.25, 0.3) is 17.2 Å². The molecule has 0 aliphatic carbocycles. The van der Waals surface area contributed by atoms with Crippen LogP contribution in [0.1, 0.15) is 31.2 Å². The molecule has 3 aromatic carbocycles. The van der Waals surface area contributed by atoms with Crippen LogP contribution in [-0.4, -0.2) is 56.0 Å². The van der Waals surface area contributed by atoms with E-state index in [2.05, 4.69) is 13.2 Å². The Morgan fingerprint density at radius 1 is 0.644 bits per heavy atom. The number of aliphatic hydroxyl groups excluding tert-OH is 1. The lowest BCUT2D eigenvalue weighted by molar-refractivity contribution is -0.140. The first-order chi connectivity index (χ1) is 21.9. The topological polar surface area (TPSA) is 118 Å². The predicted molar refractivity (Wildman–Crippen MR) is 171 cm³/mol. The molecule has 0 aliphatic heterocycles. The van der Waals surface area contributed by atoms with Gasteiger partial charge >= 0.3 is 17.9 Å². The predicted octanol–water partition coefficient (Wildman–Crippen LogP) is 6.11. The largest absolute Gasteiger partial charge is 0.494 e. The Labute approximate surface area is 263 Å². The monoisotopic (exact) mass is 614 g/mol. The standard InChI is InChI=1S/C36H38O9/c1-3-34(38)43-25-24-42-31-15-13-30(14-16-31)29-11-8-28(9-12-29)10-21-35(39)45-33-19-17-32(18-20-33)41-22-6-4-5-7-23-44-36(40)27(2)26-37/h3,8-21,37H,1-2,4-7,22-26H2/b21-10+. The van der Waals surface area contributed by atoms with Crippen molar-refractivity contribution in [2.24, 2.45) is 0 Å². The molecule has 0 spiro atoms. The van der Waals surface area contributed by atoms with E-state index in [1.165, 1.54) is 6.08 Å². The molecule has 9 nitrogen and oxygen atoms in total. The van der Waals surface area contributed by atoms with Gasteiger partial charge in [-0.1, -0.05) is 49.6 Å². The van der Waals surface area contributed by atoms with Crippen molar-refractivity contribution in [3.8, 4) is 28.4 Å². The fourth-order valence-electron chi connectivity index (χ4n) is 3.89. The second-order valence-electron chi connectivity index (χ2n) is 9.75. The van der Waals surface area contributed by atoms with Crippen LogP contribution >= 0.6 is 0 Å². The summed E-state index contributed by atoms with van der Waals surface area (Å²) in [5.74, 6) is 0.223. The maximum Gasteiger partial charge on any atom is 0.336 e. The number of hydrogen-bond acceptors (Lipinski definition) is 9. The Balaban J connectivity index is 1.33. The third kappa shape index (κ3) is 12.9. The Morgan fingerprint density at radius 3 is 1.82 bits per heavy atom. The van der Waals surface area contributed by atoms with Crippen LogP contribution in [0.3, 0.4) is 0 Å². The van der Waals surface area contributed by atoms with Gasteiger partial charge in [0.05, 0.1) is 25.4 Å². The van der Waals surface area contributed by atoms with E-state index in [-0.39, 0.29) is 18.8 Å². The molecule has 0 unspecified atom stereocenters. The van der Waals surface area contributed by atoms with Gasteiger partial charge < -0.3 is 28.8 Å². The van der Waals surface area contributed by atoms with Gasteiger partial charge in [-0.2, -0.15) is 0 Å². The molecule has 0 aliphatic rings. The zero-order chi connectivity index (χ0) is 32.3. The van der Waals surface area contributed by atoms with E-state index in [9.17, 15) is 14.4 Å². The van der Waals surface area contributed by atoms with Crippen molar-refractivity contribution in [1.82, 2.24) is 0 Å². The van der Waals surface area contributed by atoms with Gasteiger partial charge in [0.1, 0.15) is 30.5 Å². The molecule has 0 atom stereocenters. The van der Waals surface area contributed by atoms with E-state index in [0.717, 1.165) is 48.4 Å². The number of aliphatic hydroxyl groups is 1. The van der Waals surface area contributed by atoms with E-state index in [1.54, 1.807) is 30.3 Å². The van der Waals surface area contributed by atoms with Crippen LogP contribution in [0.15, 0.2) is 104 Å². The van der Waals surface area contributed by atoms with E-state index < -0.39 is 24.5 Å². The molecule has 45 heavy (non-hydrogen) atoms. The van der Waals surface area contributed by atoms with E-state index in [1.807, 2.05) is 48.5 Å². The molecule has 3 rings (SSSR count). The van der Waals surface area contributed by atoms with Crippen LogP contribution in [0, 0.1) is 0 Å². The van der Waals surface area contributed by atoms with Crippen molar-refractivity contribution in [2.45, 2.75) is 25.7 Å². The molecule has 0 aromatic heterocycles. The summed E-state index contributed by atoms with van der Waals surface area (Å²) in [5.41, 5.74) is 2.92. The zero-order valence-corrected chi connectivity index (χ0v) is 25.2. The number of carbonyl (C=O) groups is 3. The highest BCUT2D eigenvalue weighted by atomic mass is 16.6. The molecule has 0 amide bonds. The third-order valence-electron chi connectivity index (χ3n) is 6.34. The van der Waals surface area contributed by atoms with Crippen molar-refractivity contribution in [2.75, 3.05) is 33.0 Å². The maximum absolute atomic E-state index is 12.3. The second-order valence-corrected chi connectivity index (χ2v) is 9.75. The van der Waals surface area contributed by atoms with Crippen molar-refractivity contribution >= 4 is 24.0 Å². The molecular formula is C36H38O9. The molecular weight excluding hydrogens is 576 g/mol. The minimum atomic E-state index is -0.562. The van der Waals surface area contributed by atoms with Crippen molar-refractivity contribution < 1.29 is 43.2 Å². The van der Waals surface area contributed by atoms with Gasteiger partial charge in [-0.25, -0.2) is 14.4 Å². The molecule has 3 aromatic rings. The van der Waals surface area contributed by atoms with Crippen LogP contribution in [0.4, 0.5) is 0 Å². The quantitative estimate of drug-likeness (QED) is 0.0738. The third-order valence-corrected chi connectivity index (χ3v) is 6.34. The molecule has 0 bridgehead atoms. The summed E-state index contributed by atoms with van der Waals surface area (Å²) in [7, 11) is 0. The average molecular weight is 615 g/mol. The summed E-state index contributed by atoms with van der Waals surface area (Å²) in [6.07, 6.45) is 7.56. The van der Waals surface area contributed by atoms with Gasteiger partial charge in [0.15, 0.2) is 0 Å². The lowest BCUT2D eigenvalue weighted by Crippen LogP contribution is -2.10. The highest BCUT2D eigenvalue weighted by Gasteiger charge is 2.06. The highest BCUT2D eigenvalue weighted by molar-refractivity contribution is 5.89. The van der Waals surface area contributed by atoms with Gasteiger partial charge in [-0.15, -0.1) is 0 Å². The Morgan fingerprint density at radius 2 is 1.20 bits per heavy atom. The molecule has 236 valence electrons. The van der Waals surface area contributed by atoms with Crippen LogP contribution in [-0.2, 0) is 23.9 Å². The molecule has 9 heteroatoms. The maximum atomic E-state index is 12.3. The smallest absolute Gasteiger partial charge is 0.336 e. The second kappa shape index (κ2) is 19.2.